The van der Waals surface area contributed by atoms with Crippen molar-refractivity contribution in [1.29, 1.82) is 0 Å². The van der Waals surface area contributed by atoms with Gasteiger partial charge in [0.2, 0.25) is 5.82 Å². The van der Waals surface area contributed by atoms with Crippen LogP contribution in [0.3, 0.4) is 0 Å². The van der Waals surface area contributed by atoms with Crippen LogP contribution in [0.2, 0.25) is 0 Å². The predicted molar refractivity (Wildman–Crippen MR) is 90.6 cm³/mol. The second-order valence-electron chi connectivity index (χ2n) is 4.98. The molecule has 0 N–H and O–H groups in total. The average molecular weight is 343 g/mol. The predicted octanol–water partition coefficient (Wildman–Crippen LogP) is 2.54. The molecule has 0 spiro atoms. The number of benzene rings is 1. The van der Waals surface area contributed by atoms with Gasteiger partial charge in [0.05, 0.1) is 10.6 Å². The van der Waals surface area contributed by atoms with Gasteiger partial charge in [-0.1, -0.05) is 18.2 Å². The SMILES string of the molecule is O=C(Cn1nnc(-c2cccs2)n1)N1CCSc2ccccc21. The van der Waals surface area contributed by atoms with Crippen molar-refractivity contribution >= 4 is 34.7 Å². The number of aromatic nitrogens is 4. The van der Waals surface area contributed by atoms with Gasteiger partial charge < -0.3 is 4.90 Å². The van der Waals surface area contributed by atoms with E-state index in [1.54, 1.807) is 28.0 Å². The van der Waals surface area contributed by atoms with Crippen molar-refractivity contribution in [2.24, 2.45) is 0 Å². The minimum Gasteiger partial charge on any atom is -0.309 e. The molecule has 116 valence electrons. The number of hydrogen-bond acceptors (Lipinski definition) is 6. The summed E-state index contributed by atoms with van der Waals surface area (Å²) < 4.78 is 0. The van der Waals surface area contributed by atoms with E-state index in [4.69, 9.17) is 0 Å². The van der Waals surface area contributed by atoms with Crippen molar-refractivity contribution < 1.29 is 4.79 Å². The molecule has 0 bridgehead atoms. The number of tetrazole rings is 1. The van der Waals surface area contributed by atoms with Crippen LogP contribution in [0.15, 0.2) is 46.7 Å². The highest BCUT2D eigenvalue weighted by Crippen LogP contribution is 2.34. The molecule has 1 amide bonds. The second kappa shape index (κ2) is 6.13. The molecule has 8 heteroatoms. The lowest BCUT2D eigenvalue weighted by Gasteiger charge is -2.28. The lowest BCUT2D eigenvalue weighted by molar-refractivity contribution is -0.119. The van der Waals surface area contributed by atoms with E-state index in [-0.39, 0.29) is 12.5 Å². The van der Waals surface area contributed by atoms with Gasteiger partial charge >= 0.3 is 0 Å². The number of thiophene rings is 1. The van der Waals surface area contributed by atoms with Gasteiger partial charge in [-0.15, -0.1) is 33.3 Å². The Morgan fingerprint density at radius 1 is 1.22 bits per heavy atom. The van der Waals surface area contributed by atoms with E-state index in [9.17, 15) is 4.79 Å². The van der Waals surface area contributed by atoms with Crippen molar-refractivity contribution in [2.75, 3.05) is 17.2 Å². The maximum absolute atomic E-state index is 12.6. The zero-order valence-corrected chi connectivity index (χ0v) is 13.8. The van der Waals surface area contributed by atoms with Crippen LogP contribution in [0.1, 0.15) is 0 Å². The number of amides is 1. The highest BCUT2D eigenvalue weighted by molar-refractivity contribution is 7.99. The summed E-state index contributed by atoms with van der Waals surface area (Å²) in [6.07, 6.45) is 0. The minimum absolute atomic E-state index is 0.0205. The summed E-state index contributed by atoms with van der Waals surface area (Å²) in [6, 6.07) is 11.8. The molecule has 0 aliphatic carbocycles. The van der Waals surface area contributed by atoms with E-state index < -0.39 is 0 Å². The summed E-state index contributed by atoms with van der Waals surface area (Å²) in [5.74, 6) is 1.43. The highest BCUT2D eigenvalue weighted by atomic mass is 32.2. The number of carbonyl (C=O) groups is 1. The standard InChI is InChI=1S/C15H13N5OS2/c21-14(19-7-9-23-12-5-2-1-4-11(12)19)10-20-17-15(16-18-20)13-6-3-8-22-13/h1-6,8H,7,9-10H2. The number of nitrogens with zero attached hydrogens (tertiary/aromatic N) is 5. The molecule has 3 aromatic rings. The smallest absolute Gasteiger partial charge is 0.250 e. The third-order valence-electron chi connectivity index (χ3n) is 3.50. The molecule has 0 atom stereocenters. The summed E-state index contributed by atoms with van der Waals surface area (Å²) in [5.41, 5.74) is 0.965. The fourth-order valence-electron chi connectivity index (χ4n) is 2.45. The molecule has 4 rings (SSSR count). The molecule has 0 radical (unpaired) electrons. The number of hydrogen-bond donors (Lipinski definition) is 0. The fraction of sp³-hybridized carbons (Fsp3) is 0.200. The molecule has 0 saturated heterocycles. The van der Waals surface area contributed by atoms with Crippen molar-refractivity contribution in [3.63, 3.8) is 0 Å². The molecule has 0 fully saturated rings. The Balaban J connectivity index is 1.53. The lowest BCUT2D eigenvalue weighted by atomic mass is 10.2. The summed E-state index contributed by atoms with van der Waals surface area (Å²) in [7, 11) is 0. The first-order chi connectivity index (χ1) is 11.3. The van der Waals surface area contributed by atoms with E-state index in [0.29, 0.717) is 12.4 Å². The molecule has 3 heterocycles. The first kappa shape index (κ1) is 14.4. The Morgan fingerprint density at radius 2 is 2.13 bits per heavy atom. The third-order valence-corrected chi connectivity index (χ3v) is 5.41. The van der Waals surface area contributed by atoms with Gasteiger partial charge in [-0.3, -0.25) is 4.79 Å². The Kier molecular flexibility index (Phi) is 3.84. The van der Waals surface area contributed by atoms with E-state index in [1.807, 2.05) is 41.8 Å². The molecule has 23 heavy (non-hydrogen) atoms. The molecule has 0 unspecified atom stereocenters. The van der Waals surface area contributed by atoms with Crippen molar-refractivity contribution in [2.45, 2.75) is 11.4 Å². The molecular weight excluding hydrogens is 330 g/mol. The summed E-state index contributed by atoms with van der Waals surface area (Å²) in [4.78, 5) is 17.9. The number of carbonyl (C=O) groups excluding carboxylic acids is 1. The number of anilines is 1. The highest BCUT2D eigenvalue weighted by Gasteiger charge is 2.23. The van der Waals surface area contributed by atoms with E-state index in [0.717, 1.165) is 21.2 Å². The van der Waals surface area contributed by atoms with Gasteiger partial charge in [0.1, 0.15) is 6.54 Å². The lowest BCUT2D eigenvalue weighted by Crippen LogP contribution is -2.38. The number of rotatable bonds is 3. The Labute approximate surface area is 141 Å². The van der Waals surface area contributed by atoms with Crippen LogP contribution < -0.4 is 4.90 Å². The molecule has 1 aliphatic rings. The Morgan fingerprint density at radius 3 is 3.00 bits per heavy atom. The van der Waals surface area contributed by atoms with E-state index in [1.165, 1.54) is 4.80 Å². The molecule has 6 nitrogen and oxygen atoms in total. The van der Waals surface area contributed by atoms with Crippen LogP contribution >= 0.6 is 23.1 Å². The molecule has 1 aromatic carbocycles. The van der Waals surface area contributed by atoms with Crippen LogP contribution in [0, 0.1) is 0 Å². The van der Waals surface area contributed by atoms with Gasteiger partial charge in [-0.05, 0) is 28.8 Å². The van der Waals surface area contributed by atoms with Crippen molar-refractivity contribution in [3.8, 4) is 10.7 Å². The van der Waals surface area contributed by atoms with Gasteiger partial charge in [-0.2, -0.15) is 4.80 Å². The maximum Gasteiger partial charge on any atom is 0.250 e. The first-order valence-electron chi connectivity index (χ1n) is 7.15. The van der Waals surface area contributed by atoms with Gasteiger partial charge in [0.15, 0.2) is 0 Å². The third kappa shape index (κ3) is 2.87. The number of thioether (sulfide) groups is 1. The van der Waals surface area contributed by atoms with Crippen LogP contribution in [0.25, 0.3) is 10.7 Å². The van der Waals surface area contributed by atoms with Gasteiger partial charge in [-0.25, -0.2) is 0 Å². The monoisotopic (exact) mass is 343 g/mol. The van der Waals surface area contributed by atoms with Crippen LogP contribution in [-0.4, -0.2) is 38.4 Å². The normalized spacial score (nSPS) is 13.8. The fourth-order valence-corrected chi connectivity index (χ4v) is 4.09. The molecule has 2 aromatic heterocycles. The largest absolute Gasteiger partial charge is 0.309 e. The second-order valence-corrected chi connectivity index (χ2v) is 7.07. The minimum atomic E-state index is -0.0205. The summed E-state index contributed by atoms with van der Waals surface area (Å²) in [5, 5.41) is 14.3. The molecular formula is C15H13N5OS2. The average Bonchev–Trinajstić information content (AvgIpc) is 3.25. The molecule has 0 saturated carbocycles. The number of fused-ring (bicyclic) bond motifs is 1. The first-order valence-corrected chi connectivity index (χ1v) is 9.02. The Bertz CT molecular complexity index is 830. The van der Waals surface area contributed by atoms with Crippen LogP contribution in [-0.2, 0) is 11.3 Å². The maximum atomic E-state index is 12.6. The summed E-state index contributed by atoms with van der Waals surface area (Å²) >= 11 is 3.33. The Hall–Kier alpha value is -2.19. The number of para-hydroxylation sites is 1. The van der Waals surface area contributed by atoms with Gasteiger partial charge in [0, 0.05) is 17.2 Å². The zero-order chi connectivity index (χ0) is 15.6. The molecule has 1 aliphatic heterocycles. The van der Waals surface area contributed by atoms with E-state index >= 15 is 0 Å². The van der Waals surface area contributed by atoms with Gasteiger partial charge in [0.25, 0.3) is 5.91 Å². The van der Waals surface area contributed by atoms with Crippen molar-refractivity contribution in [1.82, 2.24) is 20.2 Å². The van der Waals surface area contributed by atoms with Crippen LogP contribution in [0.5, 0.6) is 0 Å². The van der Waals surface area contributed by atoms with E-state index in [2.05, 4.69) is 15.4 Å². The topological polar surface area (TPSA) is 63.9 Å². The van der Waals surface area contributed by atoms with Crippen LogP contribution in [0.4, 0.5) is 5.69 Å². The zero-order valence-electron chi connectivity index (χ0n) is 12.1. The quantitative estimate of drug-likeness (QED) is 0.731. The van der Waals surface area contributed by atoms with Crippen molar-refractivity contribution in [3.05, 3.63) is 41.8 Å². The summed E-state index contributed by atoms with van der Waals surface area (Å²) in [6.45, 7) is 0.796.